The third-order valence-electron chi connectivity index (χ3n) is 5.56. The van der Waals surface area contributed by atoms with E-state index in [1.165, 1.54) is 83.5 Å². The van der Waals surface area contributed by atoms with E-state index in [4.69, 9.17) is 5.11 Å². The third-order valence-corrected chi connectivity index (χ3v) is 5.56. The number of aromatic hydroxyl groups is 1. The summed E-state index contributed by atoms with van der Waals surface area (Å²) in [6, 6.07) is 7.63. The lowest BCUT2D eigenvalue weighted by atomic mass is 10.0. The molecule has 0 atom stereocenters. The average molecular weight is 418 g/mol. The van der Waals surface area contributed by atoms with Gasteiger partial charge in [-0.05, 0) is 18.6 Å². The molecule has 1 aromatic carbocycles. The first-order valence-corrected chi connectivity index (χ1v) is 12.1. The number of para-hydroxylation sites is 1. The van der Waals surface area contributed by atoms with E-state index in [1.807, 2.05) is 24.3 Å². The van der Waals surface area contributed by atoms with E-state index in [1.54, 1.807) is 6.20 Å². The molecule has 0 saturated heterocycles. The molecule has 0 fully saturated rings. The minimum atomic E-state index is -0.653. The van der Waals surface area contributed by atoms with Crippen LogP contribution in [-0.2, 0) is 4.79 Å². The Balaban J connectivity index is 0.000000367. The number of benzene rings is 1. The van der Waals surface area contributed by atoms with Crippen LogP contribution in [0.5, 0.6) is 5.75 Å². The number of carbonyl (C=O) groups is 1. The number of aromatic amines is 1. The lowest BCUT2D eigenvalue weighted by molar-refractivity contribution is -0.137. The summed E-state index contributed by atoms with van der Waals surface area (Å²) < 4.78 is 0. The standard InChI is InChI=1S/C18H36O2.C8H7NO/c1-2-3-4-5-6-7-8-9-10-11-12-13-14-15-16-17-18(19)20;10-8-5-9-7-4-2-1-3-6(7)8/h2-17H2,1H3,(H,19,20);1-5,9-10H. The zero-order valence-corrected chi connectivity index (χ0v) is 19.0. The van der Waals surface area contributed by atoms with E-state index < -0.39 is 5.97 Å². The molecule has 1 aromatic heterocycles. The van der Waals surface area contributed by atoms with Crippen molar-refractivity contribution in [1.82, 2.24) is 4.98 Å². The molecular weight excluding hydrogens is 374 g/mol. The van der Waals surface area contributed by atoms with E-state index in [9.17, 15) is 9.90 Å². The predicted molar refractivity (Wildman–Crippen MR) is 127 cm³/mol. The summed E-state index contributed by atoms with van der Waals surface area (Å²) >= 11 is 0. The summed E-state index contributed by atoms with van der Waals surface area (Å²) in [6.07, 6.45) is 21.8. The first-order chi connectivity index (χ1) is 14.6. The molecule has 0 aliphatic rings. The molecule has 0 unspecified atom stereocenters. The number of nitrogens with one attached hydrogen (secondary N) is 1. The Labute approximate surface area is 183 Å². The number of aromatic nitrogens is 1. The SMILES string of the molecule is CCCCCCCCCCCCCCCCCC(=O)O.Oc1c[nH]c2ccccc12. The molecule has 0 saturated carbocycles. The minimum absolute atomic E-state index is 0.315. The van der Waals surface area contributed by atoms with Gasteiger partial charge in [0.1, 0.15) is 5.75 Å². The van der Waals surface area contributed by atoms with Gasteiger partial charge >= 0.3 is 5.97 Å². The fourth-order valence-corrected chi connectivity index (χ4v) is 3.70. The van der Waals surface area contributed by atoms with Crippen molar-refractivity contribution in [3.8, 4) is 5.75 Å². The molecule has 4 nitrogen and oxygen atoms in total. The lowest BCUT2D eigenvalue weighted by Gasteiger charge is -2.03. The van der Waals surface area contributed by atoms with Gasteiger partial charge in [-0.25, -0.2) is 0 Å². The zero-order chi connectivity index (χ0) is 21.9. The van der Waals surface area contributed by atoms with Crippen LogP contribution in [0.4, 0.5) is 0 Å². The summed E-state index contributed by atoms with van der Waals surface area (Å²) in [7, 11) is 0. The van der Waals surface area contributed by atoms with Gasteiger partial charge in [0.15, 0.2) is 0 Å². The number of fused-ring (bicyclic) bond motifs is 1. The second kappa shape index (κ2) is 17.9. The highest BCUT2D eigenvalue weighted by Gasteiger charge is 1.98. The van der Waals surface area contributed by atoms with Crippen LogP contribution in [0, 0.1) is 0 Å². The van der Waals surface area contributed by atoms with Gasteiger partial charge in [-0.1, -0.05) is 109 Å². The maximum Gasteiger partial charge on any atom is 0.303 e. The van der Waals surface area contributed by atoms with E-state index in [0.717, 1.165) is 23.7 Å². The number of rotatable bonds is 16. The molecule has 1 heterocycles. The van der Waals surface area contributed by atoms with Gasteiger partial charge in [-0.2, -0.15) is 0 Å². The molecule has 0 bridgehead atoms. The summed E-state index contributed by atoms with van der Waals surface area (Å²) in [5.41, 5.74) is 0.972. The molecule has 0 radical (unpaired) electrons. The number of hydrogen-bond donors (Lipinski definition) is 3. The van der Waals surface area contributed by atoms with Crippen molar-refractivity contribution in [3.63, 3.8) is 0 Å². The Bertz CT molecular complexity index is 665. The second-order valence-electron chi connectivity index (χ2n) is 8.31. The van der Waals surface area contributed by atoms with Crippen LogP contribution >= 0.6 is 0 Å². The smallest absolute Gasteiger partial charge is 0.303 e. The monoisotopic (exact) mass is 417 g/mol. The molecule has 4 heteroatoms. The van der Waals surface area contributed by atoms with E-state index in [0.29, 0.717) is 12.2 Å². The number of hydrogen-bond acceptors (Lipinski definition) is 2. The third kappa shape index (κ3) is 13.3. The van der Waals surface area contributed by atoms with E-state index in [-0.39, 0.29) is 0 Å². The van der Waals surface area contributed by atoms with Crippen LogP contribution in [0.2, 0.25) is 0 Å². The van der Waals surface area contributed by atoms with Crippen LogP contribution in [0.1, 0.15) is 110 Å². The fraction of sp³-hybridized carbons (Fsp3) is 0.654. The first-order valence-electron chi connectivity index (χ1n) is 12.1. The van der Waals surface area contributed by atoms with Gasteiger partial charge < -0.3 is 15.2 Å². The Morgan fingerprint density at radius 3 is 1.70 bits per heavy atom. The van der Waals surface area contributed by atoms with Crippen LogP contribution in [0.3, 0.4) is 0 Å². The minimum Gasteiger partial charge on any atom is -0.506 e. The fourth-order valence-electron chi connectivity index (χ4n) is 3.70. The van der Waals surface area contributed by atoms with Crippen molar-refractivity contribution in [2.45, 2.75) is 110 Å². The largest absolute Gasteiger partial charge is 0.506 e. The lowest BCUT2D eigenvalue weighted by Crippen LogP contribution is -1.93. The molecule has 2 rings (SSSR count). The summed E-state index contributed by atoms with van der Waals surface area (Å²) in [6.45, 7) is 2.27. The Kier molecular flexibility index (Phi) is 15.5. The maximum absolute atomic E-state index is 10.3. The van der Waals surface area contributed by atoms with Gasteiger partial charge in [-0.15, -0.1) is 0 Å². The van der Waals surface area contributed by atoms with Gasteiger partial charge in [0.05, 0.1) is 0 Å². The molecule has 0 spiro atoms. The second-order valence-corrected chi connectivity index (χ2v) is 8.31. The zero-order valence-electron chi connectivity index (χ0n) is 19.0. The quantitative estimate of drug-likeness (QED) is 0.241. The Morgan fingerprint density at radius 2 is 1.23 bits per heavy atom. The van der Waals surface area contributed by atoms with Crippen molar-refractivity contribution in [2.24, 2.45) is 0 Å². The first kappa shape index (κ1) is 26.1. The van der Waals surface area contributed by atoms with Crippen molar-refractivity contribution in [3.05, 3.63) is 30.5 Å². The highest BCUT2D eigenvalue weighted by Crippen LogP contribution is 2.22. The van der Waals surface area contributed by atoms with Crippen molar-refractivity contribution in [2.75, 3.05) is 0 Å². The average Bonchev–Trinajstić information content (AvgIpc) is 3.12. The molecule has 2 aromatic rings. The number of unbranched alkanes of at least 4 members (excludes halogenated alkanes) is 14. The summed E-state index contributed by atoms with van der Waals surface area (Å²) in [4.78, 5) is 13.3. The van der Waals surface area contributed by atoms with Crippen molar-refractivity contribution in [1.29, 1.82) is 0 Å². The topological polar surface area (TPSA) is 73.3 Å². The number of H-pyrrole nitrogens is 1. The number of aliphatic carboxylic acids is 1. The molecule has 170 valence electrons. The molecule has 0 aliphatic carbocycles. The molecular formula is C26H43NO3. The van der Waals surface area contributed by atoms with Gasteiger partial charge in [0.25, 0.3) is 0 Å². The molecule has 0 amide bonds. The van der Waals surface area contributed by atoms with Crippen LogP contribution < -0.4 is 0 Å². The van der Waals surface area contributed by atoms with E-state index in [2.05, 4.69) is 11.9 Å². The molecule has 3 N–H and O–H groups in total. The highest BCUT2D eigenvalue weighted by molar-refractivity contribution is 5.85. The normalized spacial score (nSPS) is 10.7. The summed E-state index contributed by atoms with van der Waals surface area (Å²) in [5.74, 6) is -0.338. The van der Waals surface area contributed by atoms with Crippen molar-refractivity contribution < 1.29 is 15.0 Å². The number of carboxylic acid groups (broad SMARTS) is 1. The van der Waals surface area contributed by atoms with Crippen LogP contribution in [0.15, 0.2) is 30.5 Å². The van der Waals surface area contributed by atoms with Gasteiger partial charge in [0.2, 0.25) is 0 Å². The number of carboxylic acids is 1. The van der Waals surface area contributed by atoms with E-state index >= 15 is 0 Å². The summed E-state index contributed by atoms with van der Waals surface area (Å²) in [5, 5.41) is 18.6. The molecule has 30 heavy (non-hydrogen) atoms. The highest BCUT2D eigenvalue weighted by atomic mass is 16.4. The Morgan fingerprint density at radius 1 is 0.767 bits per heavy atom. The van der Waals surface area contributed by atoms with Gasteiger partial charge in [0, 0.05) is 23.5 Å². The maximum atomic E-state index is 10.3. The van der Waals surface area contributed by atoms with Crippen LogP contribution in [0.25, 0.3) is 10.9 Å². The predicted octanol–water partition coefficient (Wildman–Crippen LogP) is 8.21. The Hall–Kier alpha value is -1.97. The van der Waals surface area contributed by atoms with Crippen molar-refractivity contribution >= 4 is 16.9 Å². The molecule has 0 aliphatic heterocycles. The van der Waals surface area contributed by atoms with Crippen LogP contribution in [-0.4, -0.2) is 21.2 Å². The van der Waals surface area contributed by atoms with Gasteiger partial charge in [-0.3, -0.25) is 4.79 Å².